The van der Waals surface area contributed by atoms with Crippen molar-refractivity contribution in [1.29, 1.82) is 0 Å². The minimum absolute atomic E-state index is 0.0527. The number of amidine groups is 1. The SMILES string of the molecule is CC(CO)C(C)NCc1cccc(/C(N)=N/O)c1F. The second kappa shape index (κ2) is 7.06. The molecule has 0 aliphatic rings. The Labute approximate surface area is 111 Å². The highest BCUT2D eigenvalue weighted by Crippen LogP contribution is 2.13. The summed E-state index contributed by atoms with van der Waals surface area (Å²) in [6.07, 6.45) is 0. The molecule has 0 aliphatic carbocycles. The van der Waals surface area contributed by atoms with Crippen LogP contribution in [0.4, 0.5) is 4.39 Å². The third-order valence-corrected chi connectivity index (χ3v) is 3.22. The van der Waals surface area contributed by atoms with Crippen molar-refractivity contribution in [2.24, 2.45) is 16.8 Å². The molecule has 0 aromatic heterocycles. The van der Waals surface area contributed by atoms with E-state index in [1.807, 2.05) is 13.8 Å². The van der Waals surface area contributed by atoms with Gasteiger partial charge >= 0.3 is 0 Å². The lowest BCUT2D eigenvalue weighted by Crippen LogP contribution is -2.33. The number of rotatable bonds is 6. The van der Waals surface area contributed by atoms with Crippen molar-refractivity contribution >= 4 is 5.84 Å². The van der Waals surface area contributed by atoms with Crippen LogP contribution in [0.25, 0.3) is 0 Å². The molecule has 19 heavy (non-hydrogen) atoms. The van der Waals surface area contributed by atoms with Crippen LogP contribution in [-0.2, 0) is 6.54 Å². The van der Waals surface area contributed by atoms with Crippen molar-refractivity contribution in [3.05, 3.63) is 35.1 Å². The summed E-state index contributed by atoms with van der Waals surface area (Å²) < 4.78 is 14.1. The van der Waals surface area contributed by atoms with Gasteiger partial charge in [-0.15, -0.1) is 0 Å². The second-order valence-corrected chi connectivity index (χ2v) is 4.59. The highest BCUT2D eigenvalue weighted by atomic mass is 19.1. The van der Waals surface area contributed by atoms with E-state index in [2.05, 4.69) is 10.5 Å². The van der Waals surface area contributed by atoms with Crippen LogP contribution < -0.4 is 11.1 Å². The van der Waals surface area contributed by atoms with Crippen LogP contribution in [0, 0.1) is 11.7 Å². The van der Waals surface area contributed by atoms with Crippen LogP contribution >= 0.6 is 0 Å². The monoisotopic (exact) mass is 269 g/mol. The first kappa shape index (κ1) is 15.4. The van der Waals surface area contributed by atoms with Crippen LogP contribution in [0.1, 0.15) is 25.0 Å². The number of nitrogens with zero attached hydrogens (tertiary/aromatic N) is 1. The maximum absolute atomic E-state index is 14.1. The van der Waals surface area contributed by atoms with Gasteiger partial charge in [0.15, 0.2) is 5.84 Å². The third kappa shape index (κ3) is 3.90. The predicted octanol–water partition coefficient (Wildman–Crippen LogP) is 1.03. The summed E-state index contributed by atoms with van der Waals surface area (Å²) >= 11 is 0. The molecular formula is C13H20FN3O2. The van der Waals surface area contributed by atoms with E-state index in [1.165, 1.54) is 6.07 Å². The van der Waals surface area contributed by atoms with Gasteiger partial charge in [0.05, 0.1) is 5.56 Å². The normalized spacial score (nSPS) is 15.3. The van der Waals surface area contributed by atoms with Gasteiger partial charge in [-0.2, -0.15) is 0 Å². The van der Waals surface area contributed by atoms with Gasteiger partial charge in [0.1, 0.15) is 5.82 Å². The number of halogens is 1. The number of hydrogen-bond acceptors (Lipinski definition) is 4. The number of aliphatic hydroxyl groups is 1. The van der Waals surface area contributed by atoms with Gasteiger partial charge in [0, 0.05) is 24.8 Å². The van der Waals surface area contributed by atoms with E-state index in [0.29, 0.717) is 12.1 Å². The van der Waals surface area contributed by atoms with Crippen molar-refractivity contribution in [3.8, 4) is 0 Å². The fraction of sp³-hybridized carbons (Fsp3) is 0.462. The number of aliphatic hydroxyl groups excluding tert-OH is 1. The Morgan fingerprint density at radius 1 is 1.47 bits per heavy atom. The minimum atomic E-state index is -0.505. The Bertz CT molecular complexity index is 452. The van der Waals surface area contributed by atoms with Crippen LogP contribution in [0.2, 0.25) is 0 Å². The van der Waals surface area contributed by atoms with Crippen LogP contribution in [-0.4, -0.2) is 28.8 Å². The molecule has 2 unspecified atom stereocenters. The van der Waals surface area contributed by atoms with E-state index in [0.717, 1.165) is 0 Å². The predicted molar refractivity (Wildman–Crippen MR) is 71.5 cm³/mol. The minimum Gasteiger partial charge on any atom is -0.409 e. The van der Waals surface area contributed by atoms with Gasteiger partial charge in [0.2, 0.25) is 0 Å². The van der Waals surface area contributed by atoms with Gasteiger partial charge < -0.3 is 21.4 Å². The van der Waals surface area contributed by atoms with Crippen molar-refractivity contribution in [2.45, 2.75) is 26.4 Å². The Morgan fingerprint density at radius 2 is 2.16 bits per heavy atom. The summed E-state index contributed by atoms with van der Waals surface area (Å²) in [6, 6.07) is 4.78. The van der Waals surface area contributed by atoms with E-state index in [-0.39, 0.29) is 30.0 Å². The molecule has 0 bridgehead atoms. The van der Waals surface area contributed by atoms with Crippen molar-refractivity contribution in [2.75, 3.05) is 6.61 Å². The topological polar surface area (TPSA) is 90.9 Å². The molecule has 0 aliphatic heterocycles. The maximum atomic E-state index is 14.1. The standard InChI is InChI=1S/C13H20FN3O2/c1-8(7-18)9(2)16-6-10-4-3-5-11(12(10)14)13(15)17-19/h3-5,8-9,16,18-19H,6-7H2,1-2H3,(H2,15,17). The Hall–Kier alpha value is -1.66. The molecule has 5 nitrogen and oxygen atoms in total. The van der Waals surface area contributed by atoms with E-state index >= 15 is 0 Å². The van der Waals surface area contributed by atoms with Gasteiger partial charge in [-0.1, -0.05) is 24.2 Å². The van der Waals surface area contributed by atoms with Crippen LogP contribution in [0.3, 0.4) is 0 Å². The zero-order valence-electron chi connectivity index (χ0n) is 11.1. The van der Waals surface area contributed by atoms with Crippen molar-refractivity contribution < 1.29 is 14.7 Å². The zero-order valence-corrected chi connectivity index (χ0v) is 11.1. The highest BCUT2D eigenvalue weighted by Gasteiger charge is 2.14. The lowest BCUT2D eigenvalue weighted by molar-refractivity contribution is 0.207. The summed E-state index contributed by atoms with van der Waals surface area (Å²) in [5.41, 5.74) is 5.90. The quantitative estimate of drug-likeness (QED) is 0.269. The first-order chi connectivity index (χ1) is 9.01. The molecule has 0 saturated heterocycles. The fourth-order valence-electron chi connectivity index (χ4n) is 1.60. The van der Waals surface area contributed by atoms with Crippen LogP contribution in [0.15, 0.2) is 23.4 Å². The van der Waals surface area contributed by atoms with E-state index in [1.54, 1.807) is 12.1 Å². The van der Waals surface area contributed by atoms with Gasteiger partial charge in [-0.25, -0.2) is 4.39 Å². The van der Waals surface area contributed by atoms with Crippen molar-refractivity contribution in [1.82, 2.24) is 5.32 Å². The van der Waals surface area contributed by atoms with E-state index in [9.17, 15) is 4.39 Å². The molecule has 0 fully saturated rings. The fourth-order valence-corrected chi connectivity index (χ4v) is 1.60. The molecule has 0 radical (unpaired) electrons. The van der Waals surface area contributed by atoms with E-state index < -0.39 is 5.82 Å². The summed E-state index contributed by atoms with van der Waals surface area (Å²) in [5, 5.41) is 23.5. The zero-order chi connectivity index (χ0) is 14.4. The van der Waals surface area contributed by atoms with Gasteiger partial charge in [-0.3, -0.25) is 0 Å². The molecule has 0 heterocycles. The Morgan fingerprint density at radius 3 is 2.74 bits per heavy atom. The molecule has 1 aromatic carbocycles. The van der Waals surface area contributed by atoms with Crippen molar-refractivity contribution in [3.63, 3.8) is 0 Å². The number of nitrogens with two attached hydrogens (primary N) is 1. The average Bonchev–Trinajstić information content (AvgIpc) is 2.44. The molecule has 1 aromatic rings. The largest absolute Gasteiger partial charge is 0.409 e. The number of nitrogens with one attached hydrogen (secondary N) is 1. The molecule has 5 N–H and O–H groups in total. The number of oxime groups is 1. The summed E-state index contributed by atoms with van der Waals surface area (Å²) in [7, 11) is 0. The molecule has 1 rings (SSSR count). The smallest absolute Gasteiger partial charge is 0.173 e. The first-order valence-electron chi connectivity index (χ1n) is 6.10. The number of benzene rings is 1. The van der Waals surface area contributed by atoms with E-state index in [4.69, 9.17) is 16.0 Å². The Kier molecular flexibility index (Phi) is 5.72. The Balaban J connectivity index is 2.80. The lowest BCUT2D eigenvalue weighted by atomic mass is 10.0. The maximum Gasteiger partial charge on any atom is 0.173 e. The second-order valence-electron chi connectivity index (χ2n) is 4.59. The molecule has 106 valence electrons. The third-order valence-electron chi connectivity index (χ3n) is 3.22. The van der Waals surface area contributed by atoms with Crippen LogP contribution in [0.5, 0.6) is 0 Å². The molecular weight excluding hydrogens is 249 g/mol. The van der Waals surface area contributed by atoms with Gasteiger partial charge in [0.25, 0.3) is 0 Å². The molecule has 0 spiro atoms. The average molecular weight is 269 g/mol. The van der Waals surface area contributed by atoms with Gasteiger partial charge in [-0.05, 0) is 18.9 Å². The molecule has 2 atom stereocenters. The number of hydrogen-bond donors (Lipinski definition) is 4. The lowest BCUT2D eigenvalue weighted by Gasteiger charge is -2.19. The highest BCUT2D eigenvalue weighted by molar-refractivity contribution is 5.97. The molecule has 6 heteroatoms. The summed E-state index contributed by atoms with van der Waals surface area (Å²) in [6.45, 7) is 4.21. The molecule has 0 amide bonds. The summed E-state index contributed by atoms with van der Waals surface area (Å²) in [5.74, 6) is -0.680. The molecule has 0 saturated carbocycles. The first-order valence-corrected chi connectivity index (χ1v) is 6.10. The summed E-state index contributed by atoms with van der Waals surface area (Å²) in [4.78, 5) is 0.